The summed E-state index contributed by atoms with van der Waals surface area (Å²) in [5, 5.41) is 3.72. The Kier molecular flexibility index (Phi) is 6.16. The van der Waals surface area contributed by atoms with E-state index in [0.29, 0.717) is 69.2 Å². The molecule has 1 aromatic carbocycles. The Labute approximate surface area is 207 Å². The van der Waals surface area contributed by atoms with Gasteiger partial charge in [-0.1, -0.05) is 0 Å². The van der Waals surface area contributed by atoms with Crippen LogP contribution in [0.1, 0.15) is 48.3 Å². The molecule has 1 spiro atoms. The van der Waals surface area contributed by atoms with E-state index in [1.165, 1.54) is 12.1 Å². The quantitative estimate of drug-likeness (QED) is 0.376. The second-order valence-electron chi connectivity index (χ2n) is 9.12. The van der Waals surface area contributed by atoms with Gasteiger partial charge in [-0.05, 0) is 37.8 Å². The zero-order valence-electron chi connectivity index (χ0n) is 19.4. The highest BCUT2D eigenvalue weighted by Crippen LogP contribution is 2.42. The van der Waals surface area contributed by atoms with Crippen molar-refractivity contribution in [3.63, 3.8) is 0 Å². The van der Waals surface area contributed by atoms with Gasteiger partial charge >= 0.3 is 6.18 Å². The molecule has 2 aliphatic heterocycles. The smallest absolute Gasteiger partial charge is 0.356 e. The van der Waals surface area contributed by atoms with Crippen LogP contribution in [-0.4, -0.2) is 50.6 Å². The Balaban J connectivity index is 1.41. The number of alkyl halides is 3. The molecule has 194 valence electrons. The lowest BCUT2D eigenvalue weighted by Crippen LogP contribution is -2.60. The van der Waals surface area contributed by atoms with Crippen molar-refractivity contribution in [2.45, 2.75) is 43.8 Å². The molecule has 0 radical (unpaired) electrons. The van der Waals surface area contributed by atoms with Gasteiger partial charge in [0, 0.05) is 43.5 Å². The molecule has 2 aromatic heterocycles. The highest BCUT2D eigenvalue weighted by atomic mass is 19.4. The summed E-state index contributed by atoms with van der Waals surface area (Å²) in [7, 11) is 0. The SMILES string of the molecule is O=Cc1nc(N2CCC3(CCCC(=O)N3c3ccc(F)c(F)c3)CC2)cc(-n2cc(C(F)(F)F)cn2)n1. The van der Waals surface area contributed by atoms with Crippen molar-refractivity contribution < 1.29 is 31.5 Å². The molecule has 13 heteroatoms. The Hall–Kier alpha value is -3.90. The lowest BCUT2D eigenvalue weighted by Gasteiger charge is -2.51. The second-order valence-corrected chi connectivity index (χ2v) is 9.12. The van der Waals surface area contributed by atoms with Crippen molar-refractivity contribution in [2.24, 2.45) is 0 Å². The molecular weight excluding hydrogens is 499 g/mol. The predicted molar refractivity (Wildman–Crippen MR) is 121 cm³/mol. The van der Waals surface area contributed by atoms with Crippen LogP contribution in [0, 0.1) is 11.6 Å². The number of anilines is 2. The fourth-order valence-corrected chi connectivity index (χ4v) is 5.09. The summed E-state index contributed by atoms with van der Waals surface area (Å²) in [6.45, 7) is 0.796. The number of aromatic nitrogens is 4. The van der Waals surface area contributed by atoms with Crippen LogP contribution in [0.2, 0.25) is 0 Å². The first-order chi connectivity index (χ1) is 17.6. The molecule has 8 nitrogen and oxygen atoms in total. The maximum Gasteiger partial charge on any atom is 0.419 e. The Morgan fingerprint density at radius 2 is 1.70 bits per heavy atom. The summed E-state index contributed by atoms with van der Waals surface area (Å²) in [5.74, 6) is -2.09. The Bertz CT molecular complexity index is 1350. The normalized spacial score (nSPS) is 17.9. The summed E-state index contributed by atoms with van der Waals surface area (Å²) >= 11 is 0. The molecule has 37 heavy (non-hydrogen) atoms. The largest absolute Gasteiger partial charge is 0.419 e. The number of hydrogen-bond acceptors (Lipinski definition) is 6. The molecule has 3 aromatic rings. The second kappa shape index (κ2) is 9.20. The van der Waals surface area contributed by atoms with Crippen molar-refractivity contribution >= 4 is 23.7 Å². The summed E-state index contributed by atoms with van der Waals surface area (Å²) < 4.78 is 67.5. The predicted octanol–water partition coefficient (Wildman–Crippen LogP) is 4.33. The van der Waals surface area contributed by atoms with Gasteiger partial charge in [-0.2, -0.15) is 18.3 Å². The highest BCUT2D eigenvalue weighted by molar-refractivity contribution is 5.95. The minimum absolute atomic E-state index is 0.000792. The number of rotatable bonds is 4. The molecule has 0 N–H and O–H groups in total. The van der Waals surface area contributed by atoms with Crippen LogP contribution < -0.4 is 9.80 Å². The van der Waals surface area contributed by atoms with Crippen LogP contribution in [0.5, 0.6) is 0 Å². The van der Waals surface area contributed by atoms with Crippen LogP contribution in [0.4, 0.5) is 33.5 Å². The first kappa shape index (κ1) is 24.8. The van der Waals surface area contributed by atoms with E-state index in [4.69, 9.17) is 0 Å². The van der Waals surface area contributed by atoms with Gasteiger partial charge in [0.25, 0.3) is 0 Å². The standard InChI is InChI=1S/C24H21F5N6O2/c25-17-4-3-16(10-18(17)26)35-22(37)2-1-5-23(35)6-8-33(9-7-23)20-11-21(32-19(14-36)31-20)34-13-15(12-30-34)24(27,28)29/h3-4,10-14H,1-2,5-9H2. The van der Waals surface area contributed by atoms with E-state index in [1.54, 1.807) is 4.90 Å². The van der Waals surface area contributed by atoms with Gasteiger partial charge in [0.05, 0.1) is 17.3 Å². The number of aldehydes is 1. The van der Waals surface area contributed by atoms with E-state index in [9.17, 15) is 31.5 Å². The van der Waals surface area contributed by atoms with Crippen LogP contribution in [0.25, 0.3) is 5.82 Å². The summed E-state index contributed by atoms with van der Waals surface area (Å²) in [4.78, 5) is 36.0. The Morgan fingerprint density at radius 3 is 2.35 bits per heavy atom. The first-order valence-corrected chi connectivity index (χ1v) is 11.6. The fraction of sp³-hybridized carbons (Fsp3) is 0.375. The fourth-order valence-electron chi connectivity index (χ4n) is 5.09. The third-order valence-corrected chi connectivity index (χ3v) is 6.90. The number of piperidine rings is 2. The van der Waals surface area contributed by atoms with Crippen molar-refractivity contribution in [1.29, 1.82) is 0 Å². The van der Waals surface area contributed by atoms with Crippen molar-refractivity contribution in [3.8, 4) is 5.82 Å². The molecule has 2 saturated heterocycles. The number of benzene rings is 1. The van der Waals surface area contributed by atoms with Crippen molar-refractivity contribution in [2.75, 3.05) is 22.9 Å². The molecule has 1 amide bonds. The molecule has 2 fully saturated rings. The van der Waals surface area contributed by atoms with Crippen LogP contribution in [0.15, 0.2) is 36.7 Å². The van der Waals surface area contributed by atoms with Crippen LogP contribution >= 0.6 is 0 Å². The monoisotopic (exact) mass is 520 g/mol. The average Bonchev–Trinajstić information content (AvgIpc) is 3.38. The van der Waals surface area contributed by atoms with Gasteiger partial charge < -0.3 is 9.80 Å². The molecule has 5 rings (SSSR count). The van der Waals surface area contributed by atoms with E-state index in [1.807, 2.05) is 4.90 Å². The number of amides is 1. The van der Waals surface area contributed by atoms with Gasteiger partial charge in [0.15, 0.2) is 29.6 Å². The van der Waals surface area contributed by atoms with Crippen molar-refractivity contribution in [1.82, 2.24) is 19.7 Å². The number of hydrogen-bond donors (Lipinski definition) is 0. The maximum absolute atomic E-state index is 14.0. The number of nitrogens with zero attached hydrogens (tertiary/aromatic N) is 6. The molecule has 2 aliphatic rings. The lowest BCUT2D eigenvalue weighted by molar-refractivity contribution is -0.137. The minimum Gasteiger partial charge on any atom is -0.356 e. The van der Waals surface area contributed by atoms with Gasteiger partial charge in [-0.3, -0.25) is 9.59 Å². The molecule has 0 unspecified atom stereocenters. The summed E-state index contributed by atoms with van der Waals surface area (Å²) in [6.07, 6.45) is -0.149. The van der Waals surface area contributed by atoms with Gasteiger partial charge in [-0.25, -0.2) is 23.4 Å². The molecule has 0 saturated carbocycles. The molecular formula is C24H21F5N6O2. The van der Waals surface area contributed by atoms with Gasteiger partial charge in [-0.15, -0.1) is 0 Å². The first-order valence-electron chi connectivity index (χ1n) is 11.6. The van der Waals surface area contributed by atoms with Crippen LogP contribution in [0.3, 0.4) is 0 Å². The minimum atomic E-state index is -4.58. The number of carbonyl (C=O) groups is 2. The number of carbonyl (C=O) groups excluding carboxylic acids is 2. The van der Waals surface area contributed by atoms with Crippen molar-refractivity contribution in [3.05, 3.63) is 59.7 Å². The summed E-state index contributed by atoms with van der Waals surface area (Å²) in [5.41, 5.74) is -1.27. The van der Waals surface area contributed by atoms with E-state index < -0.39 is 28.9 Å². The average molecular weight is 520 g/mol. The molecule has 0 atom stereocenters. The zero-order chi connectivity index (χ0) is 26.4. The number of halogens is 5. The molecule has 0 bridgehead atoms. The third-order valence-electron chi connectivity index (χ3n) is 6.90. The van der Waals surface area contributed by atoms with E-state index in [2.05, 4.69) is 15.1 Å². The summed E-state index contributed by atoms with van der Waals surface area (Å²) in [6, 6.07) is 4.86. The van der Waals surface area contributed by atoms with E-state index in [0.717, 1.165) is 23.0 Å². The Morgan fingerprint density at radius 1 is 0.973 bits per heavy atom. The molecule has 0 aliphatic carbocycles. The van der Waals surface area contributed by atoms with E-state index in [-0.39, 0.29) is 17.5 Å². The maximum atomic E-state index is 14.0. The lowest BCUT2D eigenvalue weighted by atomic mass is 9.78. The molecule has 4 heterocycles. The highest BCUT2D eigenvalue weighted by Gasteiger charge is 2.45. The van der Waals surface area contributed by atoms with E-state index >= 15 is 0 Å². The van der Waals surface area contributed by atoms with Gasteiger partial charge in [0.1, 0.15) is 5.82 Å². The topological polar surface area (TPSA) is 84.2 Å². The van der Waals surface area contributed by atoms with Crippen LogP contribution in [-0.2, 0) is 11.0 Å². The zero-order valence-corrected chi connectivity index (χ0v) is 19.4. The third kappa shape index (κ3) is 4.65. The van der Waals surface area contributed by atoms with Gasteiger partial charge in [0.2, 0.25) is 5.91 Å².